The number of hydrazine groups is 1. The van der Waals surface area contributed by atoms with Crippen molar-refractivity contribution in [1.82, 2.24) is 21.1 Å². The average Bonchev–Trinajstić information content (AvgIpc) is 3.17. The first-order valence-corrected chi connectivity index (χ1v) is 8.41. The molecule has 2 aliphatic rings. The number of rotatable bonds is 4. The zero-order chi connectivity index (χ0) is 18.0. The number of ether oxygens (including phenoxy) is 1. The molecule has 0 aliphatic carbocycles. The number of carbonyl (C=O) groups excluding carboxylic acids is 2. The molecule has 1 aromatic carbocycles. The summed E-state index contributed by atoms with van der Waals surface area (Å²) in [6.45, 7) is 0.605. The van der Waals surface area contributed by atoms with E-state index in [0.717, 1.165) is 5.56 Å². The Morgan fingerprint density at radius 2 is 2.00 bits per heavy atom. The largest absolute Gasteiger partial charge is 0.468 e. The number of nitrogens with two attached hydrogens (primary N) is 1. The van der Waals surface area contributed by atoms with Crippen molar-refractivity contribution in [2.75, 3.05) is 20.7 Å². The lowest BCUT2D eigenvalue weighted by atomic mass is 9.90. The molecule has 8 nitrogen and oxygen atoms in total. The van der Waals surface area contributed by atoms with Gasteiger partial charge in [-0.1, -0.05) is 30.3 Å². The van der Waals surface area contributed by atoms with E-state index in [9.17, 15) is 9.59 Å². The molecule has 0 bridgehead atoms. The molecule has 2 saturated heterocycles. The lowest BCUT2D eigenvalue weighted by Crippen LogP contribution is -2.49. The van der Waals surface area contributed by atoms with Crippen LogP contribution in [0.5, 0.6) is 0 Å². The van der Waals surface area contributed by atoms with Crippen LogP contribution >= 0.6 is 0 Å². The van der Waals surface area contributed by atoms with Gasteiger partial charge in [0.15, 0.2) is 0 Å². The number of carbonyl (C=O) groups is 2. The molecule has 136 valence electrons. The Morgan fingerprint density at radius 1 is 1.28 bits per heavy atom. The first kappa shape index (κ1) is 17.8. The fourth-order valence-corrected chi connectivity index (χ4v) is 3.68. The normalized spacial score (nSPS) is 32.5. The Kier molecular flexibility index (Phi) is 5.33. The van der Waals surface area contributed by atoms with Gasteiger partial charge in [0.05, 0.1) is 13.3 Å². The van der Waals surface area contributed by atoms with Crippen molar-refractivity contribution < 1.29 is 14.3 Å². The van der Waals surface area contributed by atoms with Crippen molar-refractivity contribution in [3.8, 4) is 0 Å². The van der Waals surface area contributed by atoms with Crippen LogP contribution in [0.4, 0.5) is 0 Å². The molecule has 2 aliphatic heterocycles. The maximum absolute atomic E-state index is 12.8. The number of hydrogen-bond acceptors (Lipinski definition) is 7. The van der Waals surface area contributed by atoms with Gasteiger partial charge < -0.3 is 15.8 Å². The quantitative estimate of drug-likeness (QED) is 0.512. The molecule has 0 radical (unpaired) electrons. The zero-order valence-corrected chi connectivity index (χ0v) is 14.4. The third-order valence-corrected chi connectivity index (χ3v) is 4.99. The number of likely N-dealkylation sites (N-methyl/N-ethyl adjacent to an activating group) is 1. The molecule has 0 saturated carbocycles. The molecular weight excluding hydrogens is 322 g/mol. The molecule has 3 unspecified atom stereocenters. The van der Waals surface area contributed by atoms with Gasteiger partial charge in [-0.15, -0.1) is 0 Å². The topological polar surface area (TPSA) is 109 Å². The van der Waals surface area contributed by atoms with Crippen LogP contribution in [0.15, 0.2) is 30.3 Å². The van der Waals surface area contributed by atoms with Crippen LogP contribution in [0.25, 0.3) is 0 Å². The monoisotopic (exact) mass is 347 g/mol. The molecular formula is C17H25N5O3. The summed E-state index contributed by atoms with van der Waals surface area (Å²) in [6, 6.07) is 8.84. The van der Waals surface area contributed by atoms with E-state index in [4.69, 9.17) is 10.5 Å². The summed E-state index contributed by atoms with van der Waals surface area (Å²) >= 11 is 0. The van der Waals surface area contributed by atoms with Crippen molar-refractivity contribution in [2.24, 2.45) is 5.73 Å². The number of benzene rings is 1. The molecule has 2 fully saturated rings. The predicted octanol–water partition coefficient (Wildman–Crippen LogP) is -1.11. The molecule has 1 aromatic rings. The second-order valence-corrected chi connectivity index (χ2v) is 6.65. The van der Waals surface area contributed by atoms with Gasteiger partial charge >= 0.3 is 5.97 Å². The van der Waals surface area contributed by atoms with Crippen LogP contribution in [0.3, 0.4) is 0 Å². The number of hydrogen-bond donors (Lipinski definition) is 4. The smallest absolute Gasteiger partial charge is 0.323 e. The van der Waals surface area contributed by atoms with Crippen LogP contribution in [0.2, 0.25) is 0 Å². The third kappa shape index (κ3) is 3.67. The van der Waals surface area contributed by atoms with Gasteiger partial charge in [-0.25, -0.2) is 10.9 Å². The lowest BCUT2D eigenvalue weighted by Gasteiger charge is -2.22. The highest BCUT2D eigenvalue weighted by molar-refractivity contribution is 5.84. The van der Waals surface area contributed by atoms with Crippen LogP contribution in [0.1, 0.15) is 17.9 Å². The van der Waals surface area contributed by atoms with Gasteiger partial charge in [0.1, 0.15) is 12.1 Å². The number of methoxy groups -OCH3 is 1. The van der Waals surface area contributed by atoms with Crippen molar-refractivity contribution in [3.63, 3.8) is 0 Å². The van der Waals surface area contributed by atoms with Gasteiger partial charge in [0.2, 0.25) is 5.91 Å². The van der Waals surface area contributed by atoms with E-state index in [1.165, 1.54) is 7.11 Å². The van der Waals surface area contributed by atoms with Crippen LogP contribution < -0.4 is 21.9 Å². The van der Waals surface area contributed by atoms with E-state index in [0.29, 0.717) is 13.0 Å². The minimum Gasteiger partial charge on any atom is -0.468 e. The molecule has 25 heavy (non-hydrogen) atoms. The Balaban J connectivity index is 1.66. The summed E-state index contributed by atoms with van der Waals surface area (Å²) in [7, 11) is 3.23. The Labute approximate surface area is 147 Å². The number of amides is 1. The predicted molar refractivity (Wildman–Crippen MR) is 92.2 cm³/mol. The van der Waals surface area contributed by atoms with E-state index >= 15 is 0 Å². The fourth-order valence-electron chi connectivity index (χ4n) is 3.68. The molecule has 0 spiro atoms. The van der Waals surface area contributed by atoms with Gasteiger partial charge in [-0.05, 0) is 19.0 Å². The summed E-state index contributed by atoms with van der Waals surface area (Å²) in [5.41, 5.74) is 13.1. The van der Waals surface area contributed by atoms with E-state index in [-0.39, 0.29) is 36.0 Å². The first-order valence-electron chi connectivity index (χ1n) is 8.41. The summed E-state index contributed by atoms with van der Waals surface area (Å²) in [5, 5.41) is 3.03. The Hall–Kier alpha value is -2.00. The molecule has 8 heteroatoms. The molecule has 5 N–H and O–H groups in total. The second kappa shape index (κ2) is 7.49. The highest BCUT2D eigenvalue weighted by Gasteiger charge is 2.42. The molecule has 3 rings (SSSR count). The Bertz CT molecular complexity index is 626. The van der Waals surface area contributed by atoms with Crippen molar-refractivity contribution in [3.05, 3.63) is 35.9 Å². The van der Waals surface area contributed by atoms with Gasteiger partial charge in [0.25, 0.3) is 0 Å². The summed E-state index contributed by atoms with van der Waals surface area (Å²) in [6.07, 6.45) is 0.184. The average molecular weight is 347 g/mol. The van der Waals surface area contributed by atoms with Crippen molar-refractivity contribution in [2.45, 2.75) is 36.6 Å². The van der Waals surface area contributed by atoms with Crippen LogP contribution in [-0.4, -0.2) is 61.8 Å². The standard InChI is InChI=1S/C17H25N5O3/c1-22-9-11(8-12(22)17(24)25-2)19-16(23)14-13(15(18)21-20-14)10-6-4-3-5-7-10/h3-7,11-15,20-21H,8-9,18H2,1-2H3,(H,19,23)/t11-,12-,13?,14?,15?/m0/s1. The number of likely N-dealkylation sites (tertiary alicyclic amines) is 1. The number of esters is 1. The van der Waals surface area contributed by atoms with Gasteiger partial charge in [-0.2, -0.15) is 0 Å². The van der Waals surface area contributed by atoms with E-state index in [1.807, 2.05) is 42.3 Å². The van der Waals surface area contributed by atoms with E-state index in [2.05, 4.69) is 16.2 Å². The first-order chi connectivity index (χ1) is 12.0. The summed E-state index contributed by atoms with van der Waals surface area (Å²) in [5.74, 6) is -0.570. The maximum Gasteiger partial charge on any atom is 0.323 e. The second-order valence-electron chi connectivity index (χ2n) is 6.65. The van der Waals surface area contributed by atoms with Gasteiger partial charge in [-0.3, -0.25) is 14.5 Å². The van der Waals surface area contributed by atoms with E-state index in [1.54, 1.807) is 0 Å². The van der Waals surface area contributed by atoms with Crippen molar-refractivity contribution in [1.29, 1.82) is 0 Å². The fraction of sp³-hybridized carbons (Fsp3) is 0.529. The van der Waals surface area contributed by atoms with Gasteiger partial charge in [0, 0.05) is 18.5 Å². The van der Waals surface area contributed by atoms with E-state index < -0.39 is 6.04 Å². The SMILES string of the molecule is COC(=O)[C@@H]1C[C@H](NC(=O)C2NNC(N)C2c2ccccc2)CN1C. The molecule has 5 atom stereocenters. The highest BCUT2D eigenvalue weighted by Crippen LogP contribution is 2.26. The Morgan fingerprint density at radius 3 is 2.68 bits per heavy atom. The number of nitrogens with zero attached hydrogens (tertiary/aromatic N) is 1. The summed E-state index contributed by atoms with van der Waals surface area (Å²) < 4.78 is 4.81. The lowest BCUT2D eigenvalue weighted by molar-refractivity contribution is -0.145. The van der Waals surface area contributed by atoms with Crippen LogP contribution in [0, 0.1) is 0 Å². The maximum atomic E-state index is 12.8. The minimum atomic E-state index is -0.472. The zero-order valence-electron chi connectivity index (χ0n) is 14.4. The highest BCUT2D eigenvalue weighted by atomic mass is 16.5. The molecule has 2 heterocycles. The molecule has 1 amide bonds. The van der Waals surface area contributed by atoms with Crippen molar-refractivity contribution >= 4 is 11.9 Å². The third-order valence-electron chi connectivity index (χ3n) is 4.99. The number of nitrogens with one attached hydrogen (secondary N) is 3. The molecule has 0 aromatic heterocycles. The van der Waals surface area contributed by atoms with Crippen LogP contribution in [-0.2, 0) is 14.3 Å². The minimum absolute atomic E-state index is 0.100. The summed E-state index contributed by atoms with van der Waals surface area (Å²) in [4.78, 5) is 26.5.